The first-order valence-corrected chi connectivity index (χ1v) is 8.42. The lowest BCUT2D eigenvalue weighted by atomic mass is 9.91. The predicted octanol–water partition coefficient (Wildman–Crippen LogP) is 2.43. The molecule has 0 bridgehead atoms. The van der Waals surface area contributed by atoms with Gasteiger partial charge in [-0.05, 0) is 31.2 Å². The van der Waals surface area contributed by atoms with Crippen molar-refractivity contribution in [1.82, 2.24) is 4.98 Å². The van der Waals surface area contributed by atoms with Gasteiger partial charge in [-0.1, -0.05) is 30.3 Å². The highest BCUT2D eigenvalue weighted by atomic mass is 32.1. The van der Waals surface area contributed by atoms with Crippen LogP contribution < -0.4 is 11.1 Å². The Bertz CT molecular complexity index is 712. The van der Waals surface area contributed by atoms with Crippen LogP contribution in [0.2, 0.25) is 0 Å². The van der Waals surface area contributed by atoms with Gasteiger partial charge in [-0.2, -0.15) is 0 Å². The molecule has 0 spiro atoms. The van der Waals surface area contributed by atoms with Crippen LogP contribution in [0.4, 0.5) is 5.13 Å². The highest BCUT2D eigenvalue weighted by Crippen LogP contribution is 2.36. The molecule has 1 aromatic heterocycles. The molecule has 0 saturated heterocycles. The Labute approximate surface area is 138 Å². The van der Waals surface area contributed by atoms with E-state index in [1.165, 1.54) is 11.3 Å². The van der Waals surface area contributed by atoms with Crippen molar-refractivity contribution in [3.05, 3.63) is 52.9 Å². The maximum atomic E-state index is 12.0. The van der Waals surface area contributed by atoms with Crippen LogP contribution in [0.25, 0.3) is 0 Å². The summed E-state index contributed by atoms with van der Waals surface area (Å²) < 4.78 is 0. The van der Waals surface area contributed by atoms with Crippen molar-refractivity contribution in [3.8, 4) is 0 Å². The van der Waals surface area contributed by atoms with Crippen molar-refractivity contribution in [2.45, 2.75) is 31.6 Å². The standard InChI is InChI=1S/C17H18N3O2S/c18-16(22)12-7-4-8-13-15(12)20-17(23-13)19-14(21)10-9-11-5-2-1-3-6-11/h1-3,5-6,10,12H,4,7-9H2,(H2,18,22)(H,19,20,21). The number of thiazole rings is 1. The van der Waals surface area contributed by atoms with Crippen LogP contribution in [0, 0.1) is 6.42 Å². The number of benzene rings is 1. The molecule has 1 heterocycles. The molecule has 2 amide bonds. The second kappa shape index (κ2) is 6.91. The quantitative estimate of drug-likeness (QED) is 0.884. The van der Waals surface area contributed by atoms with Crippen molar-refractivity contribution in [2.75, 3.05) is 5.32 Å². The molecule has 6 heteroatoms. The van der Waals surface area contributed by atoms with Gasteiger partial charge in [0.05, 0.1) is 18.0 Å². The predicted molar refractivity (Wildman–Crippen MR) is 90.1 cm³/mol. The van der Waals surface area contributed by atoms with E-state index in [1.54, 1.807) is 6.42 Å². The van der Waals surface area contributed by atoms with Gasteiger partial charge in [0.2, 0.25) is 11.8 Å². The lowest BCUT2D eigenvalue weighted by Gasteiger charge is -2.17. The van der Waals surface area contributed by atoms with Crippen LogP contribution in [-0.2, 0) is 22.4 Å². The molecule has 1 radical (unpaired) electrons. The van der Waals surface area contributed by atoms with E-state index in [0.29, 0.717) is 11.6 Å². The molecular formula is C17H18N3O2S. The highest BCUT2D eigenvalue weighted by Gasteiger charge is 2.28. The molecule has 23 heavy (non-hydrogen) atoms. The Balaban J connectivity index is 1.62. The third-order valence-electron chi connectivity index (χ3n) is 3.89. The molecule has 0 fully saturated rings. The first-order valence-electron chi connectivity index (χ1n) is 7.60. The molecule has 0 aliphatic heterocycles. The van der Waals surface area contributed by atoms with Crippen molar-refractivity contribution >= 4 is 28.3 Å². The van der Waals surface area contributed by atoms with E-state index in [-0.39, 0.29) is 17.7 Å². The minimum atomic E-state index is -0.343. The number of nitrogens with two attached hydrogens (primary N) is 1. The van der Waals surface area contributed by atoms with Gasteiger partial charge >= 0.3 is 0 Å². The van der Waals surface area contributed by atoms with Crippen LogP contribution in [0.1, 0.15) is 34.9 Å². The zero-order valence-corrected chi connectivity index (χ0v) is 13.4. The van der Waals surface area contributed by atoms with E-state index in [0.717, 1.165) is 35.4 Å². The number of rotatable bonds is 5. The molecular weight excluding hydrogens is 310 g/mol. The Morgan fingerprint density at radius 3 is 2.87 bits per heavy atom. The lowest BCUT2D eigenvalue weighted by molar-refractivity contribution is -0.119. The molecule has 3 rings (SSSR count). The number of primary amides is 1. The summed E-state index contributed by atoms with van der Waals surface area (Å²) in [6, 6.07) is 9.78. The smallest absolute Gasteiger partial charge is 0.230 e. The Hall–Kier alpha value is -2.21. The zero-order valence-electron chi connectivity index (χ0n) is 12.6. The van der Waals surface area contributed by atoms with E-state index in [2.05, 4.69) is 10.3 Å². The van der Waals surface area contributed by atoms with Crippen LogP contribution in [0.15, 0.2) is 30.3 Å². The molecule has 1 aliphatic carbocycles. The molecule has 1 unspecified atom stereocenters. The maximum Gasteiger partial charge on any atom is 0.230 e. The van der Waals surface area contributed by atoms with Crippen LogP contribution in [-0.4, -0.2) is 16.8 Å². The average Bonchev–Trinajstić information content (AvgIpc) is 2.95. The third-order valence-corrected chi connectivity index (χ3v) is 4.94. The van der Waals surface area contributed by atoms with E-state index in [9.17, 15) is 9.59 Å². The normalized spacial score (nSPS) is 16.6. The highest BCUT2D eigenvalue weighted by molar-refractivity contribution is 7.15. The van der Waals surface area contributed by atoms with Crippen LogP contribution in [0.5, 0.6) is 0 Å². The summed E-state index contributed by atoms with van der Waals surface area (Å²) in [6.07, 6.45) is 4.72. The number of hydrogen-bond acceptors (Lipinski definition) is 4. The average molecular weight is 328 g/mol. The molecule has 5 nitrogen and oxygen atoms in total. The van der Waals surface area contributed by atoms with E-state index >= 15 is 0 Å². The topological polar surface area (TPSA) is 85.1 Å². The summed E-state index contributed by atoms with van der Waals surface area (Å²) in [5.74, 6) is -0.853. The number of anilines is 1. The minimum absolute atomic E-state index is 0.185. The van der Waals surface area contributed by atoms with Gasteiger partial charge in [0.15, 0.2) is 5.13 Å². The number of aryl methyl sites for hydroxylation is 1. The van der Waals surface area contributed by atoms with E-state index in [1.807, 2.05) is 30.3 Å². The Morgan fingerprint density at radius 2 is 2.13 bits per heavy atom. The molecule has 119 valence electrons. The number of nitrogens with zero attached hydrogens (tertiary/aromatic N) is 1. The van der Waals surface area contributed by atoms with Crippen molar-refractivity contribution in [1.29, 1.82) is 0 Å². The van der Waals surface area contributed by atoms with Gasteiger partial charge in [0.1, 0.15) is 0 Å². The van der Waals surface area contributed by atoms with Gasteiger partial charge in [-0.3, -0.25) is 9.59 Å². The van der Waals surface area contributed by atoms with Gasteiger partial charge in [-0.15, -0.1) is 11.3 Å². The Morgan fingerprint density at radius 1 is 1.35 bits per heavy atom. The molecule has 2 aromatic rings. The monoisotopic (exact) mass is 328 g/mol. The fourth-order valence-electron chi connectivity index (χ4n) is 2.73. The minimum Gasteiger partial charge on any atom is -0.369 e. The second-order valence-corrected chi connectivity index (χ2v) is 6.64. The second-order valence-electron chi connectivity index (χ2n) is 5.56. The summed E-state index contributed by atoms with van der Waals surface area (Å²) >= 11 is 1.44. The molecule has 1 aromatic carbocycles. The fraction of sp³-hybridized carbons (Fsp3) is 0.294. The fourth-order valence-corrected chi connectivity index (χ4v) is 3.80. The first-order chi connectivity index (χ1) is 11.1. The number of nitrogens with one attached hydrogen (secondary N) is 1. The summed E-state index contributed by atoms with van der Waals surface area (Å²) in [5, 5.41) is 3.33. The van der Waals surface area contributed by atoms with Gasteiger partial charge in [0, 0.05) is 4.88 Å². The van der Waals surface area contributed by atoms with Gasteiger partial charge < -0.3 is 11.1 Å². The first kappa shape index (κ1) is 15.7. The maximum absolute atomic E-state index is 12.0. The zero-order chi connectivity index (χ0) is 16.2. The number of fused-ring (bicyclic) bond motifs is 1. The summed E-state index contributed by atoms with van der Waals surface area (Å²) in [5.41, 5.74) is 7.26. The van der Waals surface area contributed by atoms with Crippen molar-refractivity contribution in [2.24, 2.45) is 5.73 Å². The van der Waals surface area contributed by atoms with Crippen molar-refractivity contribution in [3.63, 3.8) is 0 Å². The number of carbonyl (C=O) groups is 2. The third kappa shape index (κ3) is 3.76. The summed E-state index contributed by atoms with van der Waals surface area (Å²) in [7, 11) is 0. The van der Waals surface area contributed by atoms with Crippen LogP contribution in [0.3, 0.4) is 0 Å². The summed E-state index contributed by atoms with van der Waals surface area (Å²) in [4.78, 5) is 29.0. The number of carbonyl (C=O) groups excluding carboxylic acids is 2. The molecule has 1 aliphatic rings. The van der Waals surface area contributed by atoms with E-state index < -0.39 is 0 Å². The largest absolute Gasteiger partial charge is 0.369 e. The molecule has 3 N–H and O–H groups in total. The Kier molecular flexibility index (Phi) is 4.71. The van der Waals surface area contributed by atoms with Gasteiger partial charge in [-0.25, -0.2) is 4.98 Å². The number of amides is 2. The molecule has 0 saturated carbocycles. The van der Waals surface area contributed by atoms with Gasteiger partial charge in [0.25, 0.3) is 0 Å². The van der Waals surface area contributed by atoms with Crippen molar-refractivity contribution < 1.29 is 9.59 Å². The molecule has 1 atom stereocenters. The number of aromatic nitrogens is 1. The summed E-state index contributed by atoms with van der Waals surface area (Å²) in [6.45, 7) is 0. The van der Waals surface area contributed by atoms with Crippen LogP contribution >= 0.6 is 11.3 Å². The van der Waals surface area contributed by atoms with E-state index in [4.69, 9.17) is 5.73 Å². The lowest BCUT2D eigenvalue weighted by Crippen LogP contribution is -2.24. The SMILES string of the molecule is NC(=O)C1CCCc2sc(NC(=O)[CH]Cc3ccccc3)nc21. The number of hydrogen-bond donors (Lipinski definition) is 2.